The fraction of sp³-hybridized carbons (Fsp3) is 0.407. The van der Waals surface area contributed by atoms with Gasteiger partial charge in [0, 0.05) is 5.92 Å². The number of aliphatic hydroxyl groups excluding tert-OH is 1. The molecule has 0 aliphatic rings. The molecule has 2 aromatic carbocycles. The summed E-state index contributed by atoms with van der Waals surface area (Å²) in [5.41, 5.74) is 0.949. The van der Waals surface area contributed by atoms with Crippen LogP contribution in [-0.2, 0) is 11.2 Å². The summed E-state index contributed by atoms with van der Waals surface area (Å²) in [6.45, 7) is 4.78. The van der Waals surface area contributed by atoms with Crippen molar-refractivity contribution in [1.82, 2.24) is 15.3 Å². The zero-order valence-corrected chi connectivity index (χ0v) is 20.2. The van der Waals surface area contributed by atoms with Crippen molar-refractivity contribution >= 4 is 22.7 Å². The number of fused-ring (bicyclic) bond motifs is 1. The van der Waals surface area contributed by atoms with Gasteiger partial charge in [0.2, 0.25) is 0 Å². The van der Waals surface area contributed by atoms with Crippen LogP contribution in [0.5, 0.6) is 0 Å². The van der Waals surface area contributed by atoms with E-state index in [4.69, 9.17) is 0 Å². The fourth-order valence-electron chi connectivity index (χ4n) is 3.98. The van der Waals surface area contributed by atoms with Gasteiger partial charge in [0.05, 0.1) is 35.0 Å². The SMILES string of the molecule is CC(=O)[C@H](CCC(C)(C)O)C[C@H](O)[C@H](Cc1cccc(F)c1)NC(=O)c1cnc2ccccc2n1. The Balaban J connectivity index is 1.81. The molecule has 1 heterocycles. The van der Waals surface area contributed by atoms with E-state index in [-0.39, 0.29) is 24.3 Å². The summed E-state index contributed by atoms with van der Waals surface area (Å²) in [4.78, 5) is 33.9. The summed E-state index contributed by atoms with van der Waals surface area (Å²) in [6.07, 6.45) is 1.30. The number of rotatable bonds is 11. The highest BCUT2D eigenvalue weighted by molar-refractivity contribution is 5.94. The van der Waals surface area contributed by atoms with Gasteiger partial charge in [-0.25, -0.2) is 9.37 Å². The lowest BCUT2D eigenvalue weighted by Crippen LogP contribution is -2.46. The van der Waals surface area contributed by atoms with E-state index in [0.29, 0.717) is 29.4 Å². The first kappa shape index (κ1) is 26.4. The van der Waals surface area contributed by atoms with Crippen LogP contribution in [0.2, 0.25) is 0 Å². The Morgan fingerprint density at radius 2 is 1.83 bits per heavy atom. The number of ketones is 1. The van der Waals surface area contributed by atoms with E-state index in [1.807, 2.05) is 6.07 Å². The lowest BCUT2D eigenvalue weighted by Gasteiger charge is -2.28. The fourth-order valence-corrected chi connectivity index (χ4v) is 3.98. The Morgan fingerprint density at radius 3 is 2.49 bits per heavy atom. The maximum absolute atomic E-state index is 13.8. The zero-order valence-electron chi connectivity index (χ0n) is 20.2. The maximum Gasteiger partial charge on any atom is 0.271 e. The van der Waals surface area contributed by atoms with Crippen LogP contribution in [0.1, 0.15) is 56.1 Å². The van der Waals surface area contributed by atoms with Crippen LogP contribution in [-0.4, -0.2) is 49.6 Å². The van der Waals surface area contributed by atoms with E-state index in [1.54, 1.807) is 44.2 Å². The zero-order chi connectivity index (χ0) is 25.6. The molecule has 35 heavy (non-hydrogen) atoms. The minimum atomic E-state index is -1.09. The number of halogens is 1. The van der Waals surface area contributed by atoms with Crippen molar-refractivity contribution in [2.24, 2.45) is 5.92 Å². The number of carbonyl (C=O) groups is 2. The van der Waals surface area contributed by atoms with Gasteiger partial charge in [-0.2, -0.15) is 0 Å². The standard InChI is InChI=1S/C27H32FN3O4/c1-17(32)19(11-12-27(2,3)35)15-25(33)23(14-18-7-6-8-20(28)13-18)31-26(34)24-16-29-21-9-4-5-10-22(21)30-24/h4-10,13,16,19,23,25,33,35H,11-12,14-15H2,1-3H3,(H,31,34)/t19-,23+,25+/m1/s1. The Morgan fingerprint density at radius 1 is 1.11 bits per heavy atom. The van der Waals surface area contributed by atoms with Crippen LogP contribution in [0, 0.1) is 11.7 Å². The highest BCUT2D eigenvalue weighted by Crippen LogP contribution is 2.23. The number of carbonyl (C=O) groups excluding carboxylic acids is 2. The molecular weight excluding hydrogens is 449 g/mol. The van der Waals surface area contributed by atoms with Gasteiger partial charge in [0.25, 0.3) is 5.91 Å². The number of para-hydroxylation sites is 2. The lowest BCUT2D eigenvalue weighted by atomic mass is 9.86. The number of aliphatic hydroxyl groups is 2. The van der Waals surface area contributed by atoms with Gasteiger partial charge in [-0.05, 0) is 76.3 Å². The summed E-state index contributed by atoms with van der Waals surface area (Å²) >= 11 is 0. The van der Waals surface area contributed by atoms with E-state index in [0.717, 1.165) is 0 Å². The third kappa shape index (κ3) is 7.90. The highest BCUT2D eigenvalue weighted by Gasteiger charge is 2.29. The van der Waals surface area contributed by atoms with Crippen LogP contribution in [0.4, 0.5) is 4.39 Å². The second kappa shape index (κ2) is 11.5. The molecule has 1 amide bonds. The summed E-state index contributed by atoms with van der Waals surface area (Å²) in [5.74, 6) is -1.55. The van der Waals surface area contributed by atoms with E-state index in [9.17, 15) is 24.2 Å². The molecule has 3 N–H and O–H groups in total. The molecule has 1 aromatic heterocycles. The first-order valence-corrected chi connectivity index (χ1v) is 11.7. The Kier molecular flexibility index (Phi) is 8.64. The quantitative estimate of drug-likeness (QED) is 0.386. The molecule has 0 radical (unpaired) electrons. The van der Waals surface area contributed by atoms with Crippen molar-refractivity contribution in [3.05, 3.63) is 71.8 Å². The van der Waals surface area contributed by atoms with Crippen molar-refractivity contribution in [3.63, 3.8) is 0 Å². The lowest BCUT2D eigenvalue weighted by molar-refractivity contribution is -0.122. The predicted molar refractivity (Wildman–Crippen MR) is 131 cm³/mol. The number of hydrogen-bond donors (Lipinski definition) is 3. The monoisotopic (exact) mass is 481 g/mol. The number of nitrogens with zero attached hydrogens (tertiary/aromatic N) is 2. The molecule has 0 aliphatic heterocycles. The summed E-state index contributed by atoms with van der Waals surface area (Å²) in [7, 11) is 0. The predicted octanol–water partition coefficient (Wildman–Crippen LogP) is 3.62. The van der Waals surface area contributed by atoms with Crippen molar-refractivity contribution in [2.75, 3.05) is 0 Å². The van der Waals surface area contributed by atoms with E-state index < -0.39 is 35.4 Å². The van der Waals surface area contributed by atoms with Gasteiger partial charge in [-0.1, -0.05) is 24.3 Å². The largest absolute Gasteiger partial charge is 0.391 e. The van der Waals surface area contributed by atoms with Crippen LogP contribution >= 0.6 is 0 Å². The molecule has 186 valence electrons. The van der Waals surface area contributed by atoms with Crippen LogP contribution in [0.25, 0.3) is 11.0 Å². The number of hydrogen-bond acceptors (Lipinski definition) is 6. The maximum atomic E-state index is 13.8. The number of benzene rings is 2. The molecule has 0 unspecified atom stereocenters. The molecule has 0 fully saturated rings. The van der Waals surface area contributed by atoms with Gasteiger partial charge in [-0.15, -0.1) is 0 Å². The summed E-state index contributed by atoms with van der Waals surface area (Å²) < 4.78 is 13.8. The van der Waals surface area contributed by atoms with Gasteiger partial charge in [-0.3, -0.25) is 14.6 Å². The Labute approximate surface area is 204 Å². The Hall–Kier alpha value is -3.23. The number of Topliss-reactive ketones (excluding diaryl/α,β-unsaturated/α-hetero) is 1. The number of aromatic nitrogens is 2. The minimum Gasteiger partial charge on any atom is -0.391 e. The van der Waals surface area contributed by atoms with Crippen molar-refractivity contribution in [3.8, 4) is 0 Å². The van der Waals surface area contributed by atoms with Gasteiger partial charge in [0.1, 0.15) is 17.3 Å². The molecule has 0 bridgehead atoms. The van der Waals surface area contributed by atoms with Crippen molar-refractivity contribution in [1.29, 1.82) is 0 Å². The number of nitrogens with one attached hydrogen (secondary N) is 1. The van der Waals surface area contributed by atoms with Crippen LogP contribution in [0.15, 0.2) is 54.7 Å². The summed E-state index contributed by atoms with van der Waals surface area (Å²) in [5, 5.41) is 24.0. The normalized spacial score (nSPS) is 14.3. The number of amides is 1. The van der Waals surface area contributed by atoms with Crippen molar-refractivity contribution in [2.45, 2.75) is 64.2 Å². The van der Waals surface area contributed by atoms with Crippen LogP contribution in [0.3, 0.4) is 0 Å². The third-order valence-electron chi connectivity index (χ3n) is 6.01. The second-order valence-electron chi connectivity index (χ2n) is 9.62. The average Bonchev–Trinajstić information content (AvgIpc) is 2.80. The first-order chi connectivity index (χ1) is 16.5. The third-order valence-corrected chi connectivity index (χ3v) is 6.01. The van der Waals surface area contributed by atoms with Crippen molar-refractivity contribution < 1.29 is 24.2 Å². The van der Waals surface area contributed by atoms with Gasteiger partial charge < -0.3 is 15.5 Å². The smallest absolute Gasteiger partial charge is 0.271 e. The molecule has 3 atom stereocenters. The molecule has 3 rings (SSSR count). The van der Waals surface area contributed by atoms with Gasteiger partial charge >= 0.3 is 0 Å². The molecule has 7 nitrogen and oxygen atoms in total. The minimum absolute atomic E-state index is 0.0882. The molecule has 3 aromatic rings. The van der Waals surface area contributed by atoms with E-state index >= 15 is 0 Å². The topological polar surface area (TPSA) is 112 Å². The summed E-state index contributed by atoms with van der Waals surface area (Å²) in [6, 6.07) is 12.3. The molecule has 8 heteroatoms. The highest BCUT2D eigenvalue weighted by atomic mass is 19.1. The van der Waals surface area contributed by atoms with E-state index in [1.165, 1.54) is 25.3 Å². The van der Waals surface area contributed by atoms with E-state index in [2.05, 4.69) is 15.3 Å². The first-order valence-electron chi connectivity index (χ1n) is 11.7. The molecule has 0 aliphatic carbocycles. The Bertz CT molecular complexity index is 1180. The second-order valence-corrected chi connectivity index (χ2v) is 9.62. The average molecular weight is 482 g/mol. The molecular formula is C27H32FN3O4. The molecule has 0 saturated carbocycles. The molecule has 0 spiro atoms. The van der Waals surface area contributed by atoms with Crippen LogP contribution < -0.4 is 5.32 Å². The molecule has 0 saturated heterocycles. The van der Waals surface area contributed by atoms with Gasteiger partial charge in [0.15, 0.2) is 0 Å².